The number of esters is 1. The van der Waals surface area contributed by atoms with Crippen molar-refractivity contribution in [2.45, 2.75) is 123 Å². The van der Waals surface area contributed by atoms with Crippen molar-refractivity contribution in [1.82, 2.24) is 29.6 Å². The Balaban J connectivity index is 0.000000455. The van der Waals surface area contributed by atoms with Crippen LogP contribution in [0.4, 0.5) is 28.0 Å². The van der Waals surface area contributed by atoms with Crippen LogP contribution < -0.4 is 60.1 Å². The summed E-state index contributed by atoms with van der Waals surface area (Å²) in [6, 6.07) is 19.8. The molecule has 3 saturated heterocycles. The number of ether oxygens (including phenoxy) is 4. The zero-order chi connectivity index (χ0) is 74.9. The Morgan fingerprint density at radius 1 is 0.679 bits per heavy atom. The molecule has 2 aromatic heterocycles. The summed E-state index contributed by atoms with van der Waals surface area (Å²) in [6.45, 7) is 3.95. The van der Waals surface area contributed by atoms with Crippen LogP contribution >= 0.6 is 38.4 Å². The number of aromatic nitrogens is 2. The molecule has 0 spiro atoms. The summed E-state index contributed by atoms with van der Waals surface area (Å²) in [6.07, 6.45) is 0.351. The molecule has 106 heavy (non-hydrogen) atoms. The minimum atomic E-state index is -4.26. The van der Waals surface area contributed by atoms with Gasteiger partial charge in [0, 0.05) is 124 Å². The predicted molar refractivity (Wildman–Crippen MR) is 377 cm³/mol. The summed E-state index contributed by atoms with van der Waals surface area (Å²) < 4.78 is 102. The first kappa shape index (κ1) is 92.3. The van der Waals surface area contributed by atoms with E-state index >= 15 is 0 Å². The molecular weight excluding hydrogens is 1500 g/mol. The maximum Gasteiger partial charge on any atom is 1.00 e. The van der Waals surface area contributed by atoms with Crippen LogP contribution in [0.3, 0.4) is 0 Å². The summed E-state index contributed by atoms with van der Waals surface area (Å²) in [7, 11) is -8.05. The topological polar surface area (TPSA) is 428 Å². The van der Waals surface area contributed by atoms with E-state index in [-0.39, 0.29) is 195 Å². The zero-order valence-corrected chi connectivity index (χ0v) is 62.2. The van der Waals surface area contributed by atoms with Crippen molar-refractivity contribution < 1.29 is 144 Å². The first-order valence-corrected chi connectivity index (χ1v) is 35.8. The number of hydrogen-bond donors (Lipinski definition) is 7. The molecule has 5 atom stereocenters. The van der Waals surface area contributed by atoms with Crippen molar-refractivity contribution in [2.24, 2.45) is 5.73 Å². The summed E-state index contributed by atoms with van der Waals surface area (Å²) in [5, 5.41) is 16.6. The number of hydrogen-bond acceptors (Lipinski definition) is 18. The minimum Gasteiger partial charge on any atom is -0.870 e. The molecule has 567 valence electrons. The number of nitro groups is 1. The van der Waals surface area contributed by atoms with E-state index in [1.54, 1.807) is 0 Å². The minimum absolute atomic E-state index is 0. The Morgan fingerprint density at radius 2 is 1.10 bits per heavy atom. The van der Waals surface area contributed by atoms with E-state index in [4.69, 9.17) is 67.5 Å². The van der Waals surface area contributed by atoms with Gasteiger partial charge >= 0.3 is 56.9 Å². The van der Waals surface area contributed by atoms with Crippen molar-refractivity contribution in [3.63, 3.8) is 0 Å². The standard InChI is InChI=1S/C31H25ClF2N4O8.C28H29ClF2N3O8P.C5H10O.C2H8NO3P.CH4.B.Na.H2O/c1-17(39)24-15-36(26-12-22(9-10-23(24)26)46-31(42)45-21-7-5-20(6-8-21)38(43)44)16-28(40)37-14-19(33)11-27(37)30(41)35-13-18-3-2-4-25(32)29(18)34;1-16(35)21-14-33(23-11-19(7-8-20(21)23)42-26(37)6-3-9-43(39,40)41)15-25(36)34-13-18(30)10-24(34)28(38)32-12-17-4-2-5-22(29)27(17)31;1-5-3-2-4-6-5;3-1-2-7(4,5)6;;;;/h2-10,12,15,19,27H,11,13-14,16H2,1H3,(H,35,41);2,4-5,7-8,11,14,18,24H,3,6,9-10,12-13,15H2,1H3,(H,32,38)(H2,39,40,41);5H,2-4H2,1H3;1-3H2,(H2,4,5,6);1H4;;;1H2/q;;;;;;+1;/p-1/t19-,27+;18-,24+;;;;;;/m11....../s1. The summed E-state index contributed by atoms with van der Waals surface area (Å²) in [5.41, 5.74) is 6.11. The number of carbonyl (C=O) groups is 8. The van der Waals surface area contributed by atoms with Gasteiger partial charge in [-0.15, -0.1) is 0 Å². The third kappa shape index (κ3) is 26.8. The third-order valence-corrected chi connectivity index (χ3v) is 18.2. The molecule has 1 unspecified atom stereocenters. The molecule has 0 saturated carbocycles. The van der Waals surface area contributed by atoms with Crippen LogP contribution in [0.15, 0.2) is 109 Å². The van der Waals surface area contributed by atoms with Gasteiger partial charge in [-0.1, -0.05) is 54.9 Å². The van der Waals surface area contributed by atoms with Crippen molar-refractivity contribution in [2.75, 3.05) is 38.6 Å². The molecule has 3 fully saturated rings. The second-order valence-electron chi connectivity index (χ2n) is 23.6. The Labute approximate surface area is 639 Å². The average molecular weight is 1570 g/mol. The van der Waals surface area contributed by atoms with Crippen molar-refractivity contribution in [3.05, 3.63) is 164 Å². The van der Waals surface area contributed by atoms with E-state index in [0.29, 0.717) is 27.9 Å². The number of nitrogens with zero attached hydrogens (tertiary/aromatic N) is 5. The number of ketones is 2. The number of non-ortho nitro benzene ring substituents is 1. The van der Waals surface area contributed by atoms with Crippen molar-refractivity contribution in [3.8, 4) is 17.2 Å². The number of halogens is 6. The van der Waals surface area contributed by atoms with Crippen LogP contribution in [0.1, 0.15) is 98.6 Å². The number of carbonyl (C=O) groups excluding carboxylic acids is 8. The van der Waals surface area contributed by atoms with Crippen LogP contribution in [0.2, 0.25) is 10.0 Å². The van der Waals surface area contributed by atoms with E-state index in [9.17, 15) is 75.2 Å². The van der Waals surface area contributed by atoms with E-state index in [2.05, 4.69) is 17.6 Å². The first-order valence-electron chi connectivity index (χ1n) is 31.4. The van der Waals surface area contributed by atoms with Gasteiger partial charge < -0.3 is 79.3 Å². The predicted octanol–water partition coefficient (Wildman–Crippen LogP) is 6.52. The third-order valence-electron chi connectivity index (χ3n) is 15.9. The maximum absolute atomic E-state index is 14.5. The summed E-state index contributed by atoms with van der Waals surface area (Å²) >= 11 is 11.6. The van der Waals surface area contributed by atoms with Gasteiger partial charge in [-0.3, -0.25) is 52.8 Å². The van der Waals surface area contributed by atoms with Gasteiger partial charge in [0.2, 0.25) is 23.6 Å². The molecule has 5 aromatic carbocycles. The van der Waals surface area contributed by atoms with E-state index in [1.165, 1.54) is 133 Å². The Morgan fingerprint density at radius 3 is 1.47 bits per heavy atom. The quantitative estimate of drug-likeness (QED) is 0.00437. The molecule has 5 heterocycles. The van der Waals surface area contributed by atoms with Crippen molar-refractivity contribution in [1.29, 1.82) is 0 Å². The van der Waals surface area contributed by atoms with Crippen LogP contribution in [-0.2, 0) is 64.0 Å². The number of nitrogens with two attached hydrogens (primary N) is 1. The number of nitrogens with one attached hydrogen (secondary N) is 2. The van der Waals surface area contributed by atoms with Crippen LogP contribution in [0, 0.1) is 21.7 Å². The van der Waals surface area contributed by atoms with Gasteiger partial charge in [0.05, 0.1) is 57.5 Å². The molecular formula is C67H77BCl2F4N8NaO21P2. The molecule has 29 nitrogen and oxygen atoms in total. The van der Waals surface area contributed by atoms with E-state index < -0.39 is 98.1 Å². The Hall–Kier alpha value is -7.92. The fraction of sp³-hybridized carbons (Fsp3) is 0.373. The second kappa shape index (κ2) is 42.0. The normalized spacial score (nSPS) is 16.5. The molecule has 3 radical (unpaired) electrons. The number of likely N-dealkylation sites (tertiary alicyclic amines) is 2. The average Bonchev–Trinajstić information content (AvgIpc) is 1.64. The molecule has 0 bridgehead atoms. The Bertz CT molecular complexity index is 4380. The summed E-state index contributed by atoms with van der Waals surface area (Å²) in [4.78, 5) is 148. The van der Waals surface area contributed by atoms with Gasteiger partial charge in [-0.25, -0.2) is 22.4 Å². The number of nitro benzene ring substituents is 1. The SMILES string of the molecule is C.CC(=O)c1cn(CC(=O)N2C[C@H](F)C[C@H]2C(=O)NCc2cccc(Cl)c2F)c2cc(OC(=O)CCCP(=O)(O)O)ccc12.CC(=O)c1cn(CC(=O)N2C[C@H](F)C[C@H]2C(=O)NCc2cccc(Cl)c2F)c2cc(OC(=O)Oc3ccc([N+](=O)[O-])cc3)ccc12.CC1CCCO1.NCCP(=O)(O)O.[B].[Na+].[OH-]. The number of amides is 4. The molecule has 3 aliphatic rings. The maximum atomic E-state index is 14.5. The number of rotatable bonds is 22. The summed E-state index contributed by atoms with van der Waals surface area (Å²) in [5.74, 6) is -5.22. The van der Waals surface area contributed by atoms with Gasteiger partial charge in [0.1, 0.15) is 66.4 Å². The Kier molecular flexibility index (Phi) is 36.6. The van der Waals surface area contributed by atoms with Gasteiger partial charge in [-0.05, 0) is 88.6 Å². The fourth-order valence-electron chi connectivity index (χ4n) is 10.9. The van der Waals surface area contributed by atoms with E-state index in [1.807, 2.05) is 0 Å². The second-order valence-corrected chi connectivity index (χ2v) is 28.0. The van der Waals surface area contributed by atoms with Crippen molar-refractivity contribution >= 4 is 122 Å². The van der Waals surface area contributed by atoms with Crippen LogP contribution in [0.5, 0.6) is 17.2 Å². The van der Waals surface area contributed by atoms with Crippen LogP contribution in [0.25, 0.3) is 21.8 Å². The molecule has 0 aliphatic carbocycles. The monoisotopic (exact) mass is 1570 g/mol. The molecule has 7 aromatic rings. The van der Waals surface area contributed by atoms with Gasteiger partial charge in [0.15, 0.2) is 11.6 Å². The van der Waals surface area contributed by atoms with Gasteiger partial charge in [0.25, 0.3) is 5.69 Å². The first-order chi connectivity index (χ1) is 48.1. The molecule has 10 rings (SSSR count). The molecule has 4 amide bonds. The van der Waals surface area contributed by atoms with E-state index in [0.717, 1.165) is 28.5 Å². The molecule has 9 N–H and O–H groups in total. The van der Waals surface area contributed by atoms with Gasteiger partial charge in [-0.2, -0.15) is 0 Å². The molecule has 39 heteroatoms. The number of benzene rings is 5. The van der Waals surface area contributed by atoms with Crippen LogP contribution in [-0.4, -0.2) is 174 Å². The molecule has 3 aliphatic heterocycles. The largest absolute Gasteiger partial charge is 1.00 e. The number of fused-ring (bicyclic) bond motifs is 2. The number of Topliss-reactive ketones (excluding diaryl/α,β-unsaturated/α-hetero) is 2. The smallest absolute Gasteiger partial charge is 0.870 e. The number of alkyl halides is 2. The zero-order valence-electron chi connectivity index (χ0n) is 56.9. The fourth-order valence-corrected chi connectivity index (χ4v) is 12.2.